The van der Waals surface area contributed by atoms with E-state index in [0.717, 1.165) is 5.56 Å². The third-order valence-corrected chi connectivity index (χ3v) is 14.4. The molecular formula is C66H100N4O28. The number of carbonyl (C=O) groups excluding carboxylic acids is 5. The van der Waals surface area contributed by atoms with Crippen molar-refractivity contribution in [1.82, 2.24) is 21.3 Å². The Morgan fingerprint density at radius 2 is 0.745 bits per heavy atom. The maximum absolute atomic E-state index is 13.3. The largest absolute Gasteiger partial charge is 0.484 e. The Balaban J connectivity index is 0.825. The normalized spacial score (nSPS) is 20.7. The highest BCUT2D eigenvalue weighted by molar-refractivity contribution is 5.92. The van der Waals surface area contributed by atoms with Gasteiger partial charge in [-0.15, -0.1) is 0 Å². The zero-order chi connectivity index (χ0) is 70.4. The maximum Gasteiger partial charge on any atom is 0.338 e. The van der Waals surface area contributed by atoms with Crippen LogP contribution in [0.3, 0.4) is 0 Å². The fraction of sp³-hybridized carbons (Fsp3) is 0.652. The molecule has 4 amide bonds. The van der Waals surface area contributed by atoms with Gasteiger partial charge in [0.2, 0.25) is 11.8 Å². The molecule has 32 heteroatoms. The first-order chi connectivity index (χ1) is 47.6. The number of carbonyl (C=O) groups is 5. The topological polar surface area (TPSA) is 412 Å². The average molecular weight is 1400 g/mol. The molecule has 0 bridgehead atoms. The van der Waals surface area contributed by atoms with E-state index in [1.54, 1.807) is 50.2 Å². The first-order valence-electron chi connectivity index (χ1n) is 32.8. The van der Waals surface area contributed by atoms with Crippen molar-refractivity contribution in [3.8, 4) is 22.6 Å². The highest BCUT2D eigenvalue weighted by Gasteiger charge is 2.43. The van der Waals surface area contributed by atoms with E-state index in [0.29, 0.717) is 89.6 Å². The highest BCUT2D eigenvalue weighted by atomic mass is 16.7. The molecule has 2 heterocycles. The van der Waals surface area contributed by atoms with Gasteiger partial charge in [0.1, 0.15) is 54.7 Å². The molecule has 0 aliphatic carbocycles. The minimum Gasteiger partial charge on any atom is -0.484 e. The van der Waals surface area contributed by atoms with Gasteiger partial charge in [-0.2, -0.15) is 0 Å². The van der Waals surface area contributed by atoms with Crippen LogP contribution >= 0.6 is 0 Å². The second-order valence-corrected chi connectivity index (χ2v) is 22.0. The van der Waals surface area contributed by atoms with Crippen LogP contribution in [0.1, 0.15) is 42.6 Å². The standard InChI is InChI=1S/C66H100N4O28/c1-46-58(75)60(77)62(79)65(97-46)92-38-36-86-20-14-67-54(71)12-18-82-24-28-88-32-34-90-30-26-84-22-16-69-56(73)44-94-52-10-8-49(9-11-52)50-40-51(64(81)96-43-48-6-4-3-5-7-48)42-53(41-50)95-45-57(74)70-17-23-85-27-31-91-35-33-89-29-25-83-19-13-55(72)68-15-21-87-37-39-93-66-63(80)61(78)59(76)47(2)98-66/h3-11,40-42,46-47,58-63,65-66,75-80H,12-39,43-45H2,1-2H3,(H,67,71)(H,68,72)(H,69,73)(H,70,74)/t46-,47-,58-,59-,60+,61+,62+,63+,65+,66+/m0/s1. The van der Waals surface area contributed by atoms with Crippen molar-refractivity contribution >= 4 is 29.6 Å². The molecule has 0 unspecified atom stereocenters. The van der Waals surface area contributed by atoms with Crippen LogP contribution in [0.4, 0.5) is 0 Å². The van der Waals surface area contributed by atoms with E-state index in [9.17, 15) is 54.6 Å². The number of aliphatic hydroxyl groups excluding tert-OH is 6. The Bertz CT molecular complexity index is 2650. The highest BCUT2D eigenvalue weighted by Crippen LogP contribution is 2.29. The lowest BCUT2D eigenvalue weighted by atomic mass is 10.0. The number of hydrogen-bond donors (Lipinski definition) is 10. The molecular weight excluding hydrogens is 1300 g/mol. The lowest BCUT2D eigenvalue weighted by molar-refractivity contribution is -0.294. The van der Waals surface area contributed by atoms with Gasteiger partial charge in [-0.3, -0.25) is 19.2 Å². The van der Waals surface area contributed by atoms with Crippen LogP contribution in [0.25, 0.3) is 11.1 Å². The molecule has 5 rings (SSSR count). The minimum absolute atomic E-state index is 0.0466. The van der Waals surface area contributed by atoms with Crippen molar-refractivity contribution in [2.24, 2.45) is 0 Å². The zero-order valence-corrected chi connectivity index (χ0v) is 55.8. The van der Waals surface area contributed by atoms with E-state index in [2.05, 4.69) is 21.3 Å². The summed E-state index contributed by atoms with van der Waals surface area (Å²) in [4.78, 5) is 62.7. The minimum atomic E-state index is -1.39. The van der Waals surface area contributed by atoms with Gasteiger partial charge in [-0.1, -0.05) is 42.5 Å². The van der Waals surface area contributed by atoms with Gasteiger partial charge in [-0.25, -0.2) is 4.79 Å². The molecule has 552 valence electrons. The summed E-state index contributed by atoms with van der Waals surface area (Å²) < 4.78 is 93.5. The lowest BCUT2D eigenvalue weighted by Crippen LogP contribution is -2.57. The second-order valence-electron chi connectivity index (χ2n) is 22.0. The Morgan fingerprint density at radius 3 is 1.16 bits per heavy atom. The number of rotatable bonds is 54. The van der Waals surface area contributed by atoms with E-state index in [1.807, 2.05) is 30.3 Å². The van der Waals surface area contributed by atoms with Crippen molar-refractivity contribution in [1.29, 1.82) is 0 Å². The summed E-state index contributed by atoms with van der Waals surface area (Å²) >= 11 is 0. The third kappa shape index (κ3) is 34.7. The average Bonchev–Trinajstić information content (AvgIpc) is 0.849. The molecule has 2 aliphatic heterocycles. The summed E-state index contributed by atoms with van der Waals surface area (Å²) in [5.74, 6) is -1.08. The number of aliphatic hydroxyl groups is 6. The fourth-order valence-electron chi connectivity index (χ4n) is 8.95. The Morgan fingerprint density at radius 1 is 0.378 bits per heavy atom. The van der Waals surface area contributed by atoms with Crippen LogP contribution in [-0.4, -0.2) is 306 Å². The Labute approximate surface area is 570 Å². The predicted molar refractivity (Wildman–Crippen MR) is 345 cm³/mol. The smallest absolute Gasteiger partial charge is 0.338 e. The summed E-state index contributed by atoms with van der Waals surface area (Å²) in [5.41, 5.74) is 2.29. The van der Waals surface area contributed by atoms with Crippen LogP contribution in [0.5, 0.6) is 11.5 Å². The number of nitrogens with one attached hydrogen (secondary N) is 4. The lowest BCUT2D eigenvalue weighted by Gasteiger charge is -2.38. The van der Waals surface area contributed by atoms with Crippen molar-refractivity contribution in [2.75, 3.05) is 185 Å². The molecule has 2 saturated heterocycles. The first-order valence-corrected chi connectivity index (χ1v) is 32.8. The van der Waals surface area contributed by atoms with Crippen molar-refractivity contribution in [2.45, 2.75) is 94.7 Å². The fourth-order valence-corrected chi connectivity index (χ4v) is 8.95. The maximum atomic E-state index is 13.3. The summed E-state index contributed by atoms with van der Waals surface area (Å²) in [6, 6.07) is 21.0. The molecule has 0 spiro atoms. The van der Waals surface area contributed by atoms with Crippen LogP contribution in [0.2, 0.25) is 0 Å². The molecule has 2 fully saturated rings. The summed E-state index contributed by atoms with van der Waals surface area (Å²) in [6.45, 7) is 9.30. The van der Waals surface area contributed by atoms with Crippen LogP contribution < -0.4 is 30.7 Å². The van der Waals surface area contributed by atoms with Crippen molar-refractivity contribution in [3.63, 3.8) is 0 Å². The summed E-state index contributed by atoms with van der Waals surface area (Å²) in [6.07, 6.45) is -11.2. The number of benzene rings is 3. The Kier molecular flexibility index (Phi) is 42.2. The van der Waals surface area contributed by atoms with Gasteiger partial charge in [0.25, 0.3) is 11.8 Å². The molecule has 10 N–H and O–H groups in total. The molecule has 2 aliphatic rings. The second kappa shape index (κ2) is 50.2. The first kappa shape index (κ1) is 82.5. The number of ether oxygens (including phenoxy) is 17. The van der Waals surface area contributed by atoms with E-state index in [1.165, 1.54) is 6.07 Å². The molecule has 10 atom stereocenters. The van der Waals surface area contributed by atoms with Gasteiger partial charge >= 0.3 is 5.97 Å². The van der Waals surface area contributed by atoms with Gasteiger partial charge < -0.3 is 132 Å². The SMILES string of the molecule is C[C@@H]1O[C@@H](OCCOCCNC(=O)CCOCCOCCOCCOCCNC(=O)COc2ccc(-c3cc(OCC(=O)NCCOCCOCCOCCOCCC(=O)NCCOCCO[C@@H]4O[C@@H](C)[C@H](O)[C@@H](O)[C@H]4O)cc(C(=O)OCc4ccccc4)c3)cc2)[C@H](O)[C@H](O)[C@H]1O. The summed E-state index contributed by atoms with van der Waals surface area (Å²) in [5, 5.41) is 70.1. The molecule has 0 radical (unpaired) electrons. The molecule has 98 heavy (non-hydrogen) atoms. The van der Waals surface area contributed by atoms with Crippen LogP contribution in [-0.2, 0) is 96.8 Å². The van der Waals surface area contributed by atoms with E-state index < -0.39 is 73.3 Å². The predicted octanol–water partition coefficient (Wildman–Crippen LogP) is -1.43. The van der Waals surface area contributed by atoms with Crippen molar-refractivity contribution < 1.29 is 135 Å². The zero-order valence-electron chi connectivity index (χ0n) is 55.8. The van der Waals surface area contributed by atoms with Crippen LogP contribution in [0, 0.1) is 0 Å². The Hall–Kier alpha value is -6.19. The molecule has 32 nitrogen and oxygen atoms in total. The monoisotopic (exact) mass is 1400 g/mol. The number of hydrogen-bond acceptors (Lipinski definition) is 28. The quantitative estimate of drug-likeness (QED) is 0.0229. The van der Waals surface area contributed by atoms with Gasteiger partial charge in [-0.05, 0) is 60.9 Å². The van der Waals surface area contributed by atoms with E-state index in [4.69, 9.17) is 80.5 Å². The number of amides is 4. The van der Waals surface area contributed by atoms with Crippen LogP contribution in [0.15, 0.2) is 72.8 Å². The molecule has 0 saturated carbocycles. The van der Waals surface area contributed by atoms with Gasteiger partial charge in [0, 0.05) is 39.0 Å². The molecule has 0 aromatic heterocycles. The molecule has 3 aromatic carbocycles. The van der Waals surface area contributed by atoms with E-state index >= 15 is 0 Å². The van der Waals surface area contributed by atoms with Gasteiger partial charge in [0.05, 0.1) is 163 Å². The summed E-state index contributed by atoms with van der Waals surface area (Å²) in [7, 11) is 0. The van der Waals surface area contributed by atoms with Crippen molar-refractivity contribution in [3.05, 3.63) is 83.9 Å². The third-order valence-electron chi connectivity index (χ3n) is 14.4. The van der Waals surface area contributed by atoms with E-state index in [-0.39, 0.29) is 161 Å². The molecule has 3 aromatic rings. The van der Waals surface area contributed by atoms with Gasteiger partial charge in [0.15, 0.2) is 25.8 Å². The number of esters is 1.